The monoisotopic (exact) mass is 294 g/mol. The Morgan fingerprint density at radius 1 is 1.37 bits per heavy atom. The number of rotatable bonds is 4. The van der Waals surface area contributed by atoms with Crippen molar-refractivity contribution in [2.24, 2.45) is 5.41 Å². The highest BCUT2D eigenvalue weighted by atomic mass is 35.5. The van der Waals surface area contributed by atoms with E-state index in [4.69, 9.17) is 11.6 Å². The molecule has 0 saturated heterocycles. The van der Waals surface area contributed by atoms with Crippen LogP contribution in [0, 0.1) is 5.41 Å². The third-order valence-corrected chi connectivity index (χ3v) is 3.77. The zero-order valence-corrected chi connectivity index (χ0v) is 12.4. The molecule has 1 aromatic carbocycles. The fraction of sp³-hybridized carbons (Fsp3) is 0.286. The molecule has 19 heavy (non-hydrogen) atoms. The number of halogens is 1. The summed E-state index contributed by atoms with van der Waals surface area (Å²) >= 11 is 7.27. The van der Waals surface area contributed by atoms with Gasteiger partial charge in [-0.15, -0.1) is 11.3 Å². The second-order valence-electron chi connectivity index (χ2n) is 4.98. The summed E-state index contributed by atoms with van der Waals surface area (Å²) < 4.78 is 0. The van der Waals surface area contributed by atoms with Crippen molar-refractivity contribution in [2.45, 2.75) is 20.3 Å². The lowest BCUT2D eigenvalue weighted by atomic mass is 9.85. The molecule has 0 fully saturated rings. The molecule has 0 bridgehead atoms. The number of thiazole rings is 1. The first-order valence-electron chi connectivity index (χ1n) is 5.93. The Balaban J connectivity index is 2.04. The van der Waals surface area contributed by atoms with Gasteiger partial charge in [-0.3, -0.25) is 4.79 Å². The van der Waals surface area contributed by atoms with E-state index >= 15 is 0 Å². The van der Waals surface area contributed by atoms with Crippen molar-refractivity contribution in [3.8, 4) is 0 Å². The Labute approximate surface area is 121 Å². The number of hydrogen-bond acceptors (Lipinski definition) is 3. The average molecular weight is 295 g/mol. The number of benzene rings is 1. The molecule has 2 rings (SSSR count). The van der Waals surface area contributed by atoms with Crippen LogP contribution in [0.3, 0.4) is 0 Å². The summed E-state index contributed by atoms with van der Waals surface area (Å²) in [6, 6.07) is 7.57. The number of nitrogens with one attached hydrogen (secondary N) is 1. The zero-order chi connectivity index (χ0) is 13.9. The molecule has 0 atom stereocenters. The fourth-order valence-corrected chi connectivity index (χ4v) is 2.39. The molecule has 0 aliphatic heterocycles. The highest BCUT2D eigenvalue weighted by Gasteiger charge is 2.28. The van der Waals surface area contributed by atoms with Gasteiger partial charge in [0.2, 0.25) is 5.91 Å². The molecular formula is C14H15ClN2OS. The first-order chi connectivity index (χ1) is 8.97. The topological polar surface area (TPSA) is 42.0 Å². The van der Waals surface area contributed by atoms with Crippen molar-refractivity contribution in [2.75, 3.05) is 5.32 Å². The van der Waals surface area contributed by atoms with Gasteiger partial charge in [-0.2, -0.15) is 0 Å². The smallest absolute Gasteiger partial charge is 0.232 e. The van der Waals surface area contributed by atoms with Gasteiger partial charge in [0.1, 0.15) is 0 Å². The number of nitrogens with zero attached hydrogens (tertiary/aromatic N) is 1. The fourth-order valence-electron chi connectivity index (χ4n) is 1.74. The molecule has 0 spiro atoms. The highest BCUT2D eigenvalue weighted by molar-refractivity contribution is 7.13. The van der Waals surface area contributed by atoms with Crippen LogP contribution in [0.4, 0.5) is 5.13 Å². The van der Waals surface area contributed by atoms with E-state index in [2.05, 4.69) is 10.3 Å². The Hall–Kier alpha value is -1.39. The van der Waals surface area contributed by atoms with Crippen molar-refractivity contribution < 1.29 is 4.79 Å². The van der Waals surface area contributed by atoms with Crippen molar-refractivity contribution in [1.82, 2.24) is 4.98 Å². The Kier molecular flexibility index (Phi) is 4.22. The van der Waals surface area contributed by atoms with Crippen LogP contribution in [0.5, 0.6) is 0 Å². The highest BCUT2D eigenvalue weighted by Crippen LogP contribution is 2.25. The molecule has 1 aromatic heterocycles. The Morgan fingerprint density at radius 2 is 2.05 bits per heavy atom. The molecule has 0 aliphatic carbocycles. The van der Waals surface area contributed by atoms with E-state index in [-0.39, 0.29) is 5.91 Å². The molecule has 1 amide bonds. The van der Waals surface area contributed by atoms with Crippen LogP contribution in [0.15, 0.2) is 35.8 Å². The summed E-state index contributed by atoms with van der Waals surface area (Å²) in [5, 5.41) is 6.01. The molecule has 0 aliphatic rings. The third-order valence-electron chi connectivity index (χ3n) is 2.83. The van der Waals surface area contributed by atoms with Crippen molar-refractivity contribution in [3.63, 3.8) is 0 Å². The minimum atomic E-state index is -0.500. The van der Waals surface area contributed by atoms with E-state index in [0.29, 0.717) is 16.6 Å². The standard InChI is InChI=1S/C14H15ClN2OS/c1-14(2,9-10-3-5-11(15)6-4-10)12(18)17-13-16-7-8-19-13/h3-8H,9H2,1-2H3,(H,16,17,18). The second-order valence-corrected chi connectivity index (χ2v) is 6.31. The largest absolute Gasteiger partial charge is 0.302 e. The second kappa shape index (κ2) is 5.72. The molecule has 0 radical (unpaired) electrons. The number of carbonyl (C=O) groups excluding carboxylic acids is 1. The lowest BCUT2D eigenvalue weighted by Gasteiger charge is -2.23. The predicted octanol–water partition coefficient (Wildman–Crippen LogP) is 4.00. The maximum atomic E-state index is 12.2. The van der Waals surface area contributed by atoms with Crippen LogP contribution in [0.2, 0.25) is 5.02 Å². The number of amides is 1. The van der Waals surface area contributed by atoms with Gasteiger partial charge in [0, 0.05) is 22.0 Å². The number of anilines is 1. The lowest BCUT2D eigenvalue weighted by molar-refractivity contribution is -0.123. The first kappa shape index (κ1) is 14.0. The van der Waals surface area contributed by atoms with Gasteiger partial charge in [-0.25, -0.2) is 4.98 Å². The summed E-state index contributed by atoms with van der Waals surface area (Å²) in [7, 11) is 0. The predicted molar refractivity (Wildman–Crippen MR) is 79.7 cm³/mol. The van der Waals surface area contributed by atoms with Crippen molar-refractivity contribution in [3.05, 3.63) is 46.4 Å². The van der Waals surface area contributed by atoms with Gasteiger partial charge in [-0.05, 0) is 24.1 Å². The maximum absolute atomic E-state index is 12.2. The Morgan fingerprint density at radius 3 is 2.63 bits per heavy atom. The van der Waals surface area contributed by atoms with Crippen LogP contribution in [0.1, 0.15) is 19.4 Å². The summed E-state index contributed by atoms with van der Waals surface area (Å²) in [6.07, 6.45) is 2.33. The van der Waals surface area contributed by atoms with Gasteiger partial charge in [0.05, 0.1) is 0 Å². The van der Waals surface area contributed by atoms with Gasteiger partial charge in [0.25, 0.3) is 0 Å². The van der Waals surface area contributed by atoms with Gasteiger partial charge in [0.15, 0.2) is 5.13 Å². The molecule has 2 aromatic rings. The van der Waals surface area contributed by atoms with E-state index in [1.165, 1.54) is 11.3 Å². The lowest BCUT2D eigenvalue weighted by Crippen LogP contribution is -2.32. The summed E-state index contributed by atoms with van der Waals surface area (Å²) in [6.45, 7) is 3.84. The van der Waals surface area contributed by atoms with Crippen LogP contribution in [0.25, 0.3) is 0 Å². The van der Waals surface area contributed by atoms with E-state index in [9.17, 15) is 4.79 Å². The van der Waals surface area contributed by atoms with Crippen molar-refractivity contribution >= 4 is 34.0 Å². The molecular weight excluding hydrogens is 280 g/mol. The normalized spacial score (nSPS) is 11.3. The molecule has 100 valence electrons. The van der Waals surface area contributed by atoms with E-state index in [1.54, 1.807) is 6.20 Å². The minimum Gasteiger partial charge on any atom is -0.302 e. The molecule has 0 saturated carbocycles. The van der Waals surface area contributed by atoms with E-state index in [0.717, 1.165) is 5.56 Å². The molecule has 1 N–H and O–H groups in total. The summed E-state index contributed by atoms with van der Waals surface area (Å²) in [5.74, 6) is -0.0302. The molecule has 5 heteroatoms. The quantitative estimate of drug-likeness (QED) is 0.926. The molecule has 0 unspecified atom stereocenters. The zero-order valence-electron chi connectivity index (χ0n) is 10.8. The first-order valence-corrected chi connectivity index (χ1v) is 7.18. The van der Waals surface area contributed by atoms with Crippen molar-refractivity contribution in [1.29, 1.82) is 0 Å². The number of hydrogen-bond donors (Lipinski definition) is 1. The van der Waals surface area contributed by atoms with Gasteiger partial charge in [-0.1, -0.05) is 37.6 Å². The van der Waals surface area contributed by atoms with Crippen LogP contribution < -0.4 is 5.32 Å². The summed E-state index contributed by atoms with van der Waals surface area (Å²) in [4.78, 5) is 16.3. The van der Waals surface area contributed by atoms with E-state index in [1.807, 2.05) is 43.5 Å². The molecule has 3 nitrogen and oxygen atoms in total. The van der Waals surface area contributed by atoms with E-state index < -0.39 is 5.41 Å². The Bertz CT molecular complexity index is 549. The molecule has 1 heterocycles. The maximum Gasteiger partial charge on any atom is 0.232 e. The summed E-state index contributed by atoms with van der Waals surface area (Å²) in [5.41, 5.74) is 0.586. The number of aromatic nitrogens is 1. The van der Waals surface area contributed by atoms with Crippen LogP contribution in [-0.2, 0) is 11.2 Å². The van der Waals surface area contributed by atoms with Crippen LogP contribution >= 0.6 is 22.9 Å². The van der Waals surface area contributed by atoms with Gasteiger partial charge >= 0.3 is 0 Å². The third kappa shape index (κ3) is 3.78. The number of carbonyl (C=O) groups is 1. The average Bonchev–Trinajstić information content (AvgIpc) is 2.84. The van der Waals surface area contributed by atoms with Crippen LogP contribution in [-0.4, -0.2) is 10.9 Å². The SMILES string of the molecule is CC(C)(Cc1ccc(Cl)cc1)C(=O)Nc1nccs1. The minimum absolute atomic E-state index is 0.0302. The van der Waals surface area contributed by atoms with Gasteiger partial charge < -0.3 is 5.32 Å².